The largest absolute Gasteiger partial charge is 0.325 e. The van der Waals surface area contributed by atoms with Crippen LogP contribution in [-0.4, -0.2) is 11.7 Å². The lowest BCUT2D eigenvalue weighted by Gasteiger charge is -2.22. The Hall–Kier alpha value is -3.20. The molecule has 3 aromatic rings. The lowest BCUT2D eigenvalue weighted by atomic mass is 9.78. The fourth-order valence-electron chi connectivity index (χ4n) is 3.57. The van der Waals surface area contributed by atoms with E-state index in [-0.39, 0.29) is 11.7 Å². The molecule has 0 aliphatic carbocycles. The highest BCUT2D eigenvalue weighted by molar-refractivity contribution is 6.09. The van der Waals surface area contributed by atoms with Crippen molar-refractivity contribution < 1.29 is 9.59 Å². The summed E-state index contributed by atoms with van der Waals surface area (Å²) in [6, 6.07) is 24.6. The summed E-state index contributed by atoms with van der Waals surface area (Å²) in [5.41, 5.74) is 3.67. The first-order chi connectivity index (χ1) is 12.6. The molecule has 1 atom stereocenters. The quantitative estimate of drug-likeness (QED) is 0.716. The predicted octanol–water partition coefficient (Wildman–Crippen LogP) is 4.37. The molecule has 0 radical (unpaired) electrons. The van der Waals surface area contributed by atoms with E-state index in [9.17, 15) is 9.59 Å². The number of fused-ring (bicyclic) bond motifs is 1. The Bertz CT molecular complexity index is 977. The third-order valence-electron chi connectivity index (χ3n) is 5.08. The molecule has 0 bridgehead atoms. The summed E-state index contributed by atoms with van der Waals surface area (Å²) in [7, 11) is 0. The van der Waals surface area contributed by atoms with E-state index in [0.717, 1.165) is 16.8 Å². The Morgan fingerprint density at radius 3 is 2.19 bits per heavy atom. The first kappa shape index (κ1) is 16.3. The van der Waals surface area contributed by atoms with E-state index in [0.29, 0.717) is 17.5 Å². The van der Waals surface area contributed by atoms with E-state index >= 15 is 0 Å². The molecule has 3 nitrogen and oxygen atoms in total. The summed E-state index contributed by atoms with van der Waals surface area (Å²) in [5.74, 6) is 0.0236. The number of anilines is 1. The maximum absolute atomic E-state index is 12.6. The van der Waals surface area contributed by atoms with Gasteiger partial charge >= 0.3 is 0 Å². The molecule has 1 unspecified atom stereocenters. The Morgan fingerprint density at radius 2 is 1.46 bits per heavy atom. The van der Waals surface area contributed by atoms with Gasteiger partial charge in [-0.15, -0.1) is 0 Å². The summed E-state index contributed by atoms with van der Waals surface area (Å²) in [4.78, 5) is 25.1. The second kappa shape index (κ2) is 6.26. The summed E-state index contributed by atoms with van der Waals surface area (Å²) in [5, 5.41) is 2.97. The molecule has 0 aromatic heterocycles. The minimum Gasteiger partial charge on any atom is -0.325 e. The first-order valence-electron chi connectivity index (χ1n) is 8.67. The highest BCUT2D eigenvalue weighted by Gasteiger charge is 2.42. The molecule has 1 aliphatic rings. The van der Waals surface area contributed by atoms with Gasteiger partial charge in [0.25, 0.3) is 0 Å². The molecule has 1 N–H and O–H groups in total. The van der Waals surface area contributed by atoms with Crippen molar-refractivity contribution in [1.29, 1.82) is 0 Å². The van der Waals surface area contributed by atoms with Crippen molar-refractivity contribution in [2.45, 2.75) is 18.8 Å². The third-order valence-corrected chi connectivity index (χ3v) is 5.08. The number of nitrogens with one attached hydrogen (secondary N) is 1. The molecule has 128 valence electrons. The highest BCUT2D eigenvalue weighted by Crippen LogP contribution is 2.39. The van der Waals surface area contributed by atoms with Crippen molar-refractivity contribution >= 4 is 17.4 Å². The molecule has 1 amide bonds. The summed E-state index contributed by atoms with van der Waals surface area (Å²) < 4.78 is 0. The van der Waals surface area contributed by atoms with E-state index in [2.05, 4.69) is 5.32 Å². The topological polar surface area (TPSA) is 46.2 Å². The normalized spacial score (nSPS) is 18.3. The molecule has 0 fully saturated rings. The number of rotatable bonds is 4. The van der Waals surface area contributed by atoms with E-state index in [1.54, 1.807) is 0 Å². The Balaban J connectivity index is 1.59. The molecular weight excluding hydrogens is 322 g/mol. The van der Waals surface area contributed by atoms with Crippen LogP contribution in [0, 0.1) is 0 Å². The van der Waals surface area contributed by atoms with Crippen LogP contribution in [0.5, 0.6) is 0 Å². The average Bonchev–Trinajstić information content (AvgIpc) is 2.93. The summed E-state index contributed by atoms with van der Waals surface area (Å²) >= 11 is 0. The van der Waals surface area contributed by atoms with Crippen LogP contribution in [-0.2, 0) is 16.6 Å². The van der Waals surface area contributed by atoms with Crippen molar-refractivity contribution in [3.05, 3.63) is 101 Å². The van der Waals surface area contributed by atoms with E-state index < -0.39 is 5.41 Å². The summed E-state index contributed by atoms with van der Waals surface area (Å²) in [6.45, 7) is 1.97. The van der Waals surface area contributed by atoms with Crippen LogP contribution in [0.2, 0.25) is 0 Å². The SMILES string of the molecule is CC1(Cc2ccc(C(=O)c3ccccc3)cc2)C(=O)Nc2ccccc21. The second-order valence-electron chi connectivity index (χ2n) is 6.90. The van der Waals surface area contributed by atoms with E-state index in [1.807, 2.05) is 85.8 Å². The molecule has 3 heteroatoms. The molecule has 26 heavy (non-hydrogen) atoms. The van der Waals surface area contributed by atoms with Crippen LogP contribution < -0.4 is 5.32 Å². The molecule has 0 saturated carbocycles. The summed E-state index contributed by atoms with van der Waals surface area (Å²) in [6.07, 6.45) is 0.593. The van der Waals surface area contributed by atoms with Gasteiger partial charge in [-0.2, -0.15) is 0 Å². The lowest BCUT2D eigenvalue weighted by molar-refractivity contribution is -0.120. The van der Waals surface area contributed by atoms with Crippen LogP contribution in [0.15, 0.2) is 78.9 Å². The first-order valence-corrected chi connectivity index (χ1v) is 8.67. The Morgan fingerprint density at radius 1 is 0.846 bits per heavy atom. The Labute approximate surface area is 152 Å². The molecule has 3 aromatic carbocycles. The Kier molecular flexibility index (Phi) is 3.92. The third kappa shape index (κ3) is 2.72. The molecule has 0 saturated heterocycles. The van der Waals surface area contributed by atoms with Crippen LogP contribution in [0.3, 0.4) is 0 Å². The maximum Gasteiger partial charge on any atom is 0.235 e. The number of amides is 1. The van der Waals surface area contributed by atoms with Gasteiger partial charge < -0.3 is 5.32 Å². The van der Waals surface area contributed by atoms with Crippen molar-refractivity contribution in [2.24, 2.45) is 0 Å². The van der Waals surface area contributed by atoms with Crippen LogP contribution in [0.25, 0.3) is 0 Å². The molecule has 1 heterocycles. The molecule has 1 aliphatic heterocycles. The number of para-hydroxylation sites is 1. The van der Waals surface area contributed by atoms with Gasteiger partial charge in [-0.05, 0) is 30.5 Å². The zero-order valence-electron chi connectivity index (χ0n) is 14.5. The number of hydrogen-bond donors (Lipinski definition) is 1. The molecule has 4 rings (SSSR count). The van der Waals surface area contributed by atoms with Crippen molar-refractivity contribution in [2.75, 3.05) is 5.32 Å². The minimum atomic E-state index is -0.596. The smallest absolute Gasteiger partial charge is 0.235 e. The molecule has 0 spiro atoms. The average molecular weight is 341 g/mol. The number of benzene rings is 3. The van der Waals surface area contributed by atoms with Crippen molar-refractivity contribution in [1.82, 2.24) is 0 Å². The van der Waals surface area contributed by atoms with Gasteiger partial charge in [-0.3, -0.25) is 9.59 Å². The van der Waals surface area contributed by atoms with E-state index in [1.165, 1.54) is 0 Å². The van der Waals surface area contributed by atoms with Gasteiger partial charge in [0.2, 0.25) is 5.91 Å². The standard InChI is InChI=1S/C23H19NO2/c1-23(19-9-5-6-10-20(19)24-22(23)26)15-16-11-13-18(14-12-16)21(25)17-7-3-2-4-8-17/h2-14H,15H2,1H3,(H,24,26). The second-order valence-corrected chi connectivity index (χ2v) is 6.90. The fraction of sp³-hybridized carbons (Fsp3) is 0.130. The number of carbonyl (C=O) groups excluding carboxylic acids is 2. The van der Waals surface area contributed by atoms with Crippen LogP contribution in [0.4, 0.5) is 5.69 Å². The van der Waals surface area contributed by atoms with Crippen LogP contribution >= 0.6 is 0 Å². The maximum atomic E-state index is 12.6. The fourth-order valence-corrected chi connectivity index (χ4v) is 3.57. The van der Waals surface area contributed by atoms with Gasteiger partial charge in [-0.25, -0.2) is 0 Å². The number of carbonyl (C=O) groups is 2. The van der Waals surface area contributed by atoms with Crippen LogP contribution in [0.1, 0.15) is 34.0 Å². The lowest BCUT2D eigenvalue weighted by Crippen LogP contribution is -2.33. The van der Waals surface area contributed by atoms with Gasteiger partial charge in [0.1, 0.15) is 0 Å². The van der Waals surface area contributed by atoms with E-state index in [4.69, 9.17) is 0 Å². The van der Waals surface area contributed by atoms with Gasteiger partial charge in [0.05, 0.1) is 5.41 Å². The number of hydrogen-bond acceptors (Lipinski definition) is 2. The molecular formula is C23H19NO2. The van der Waals surface area contributed by atoms with Crippen molar-refractivity contribution in [3.8, 4) is 0 Å². The van der Waals surface area contributed by atoms with Gasteiger partial charge in [0.15, 0.2) is 5.78 Å². The minimum absolute atomic E-state index is 0.00677. The number of ketones is 1. The zero-order chi connectivity index (χ0) is 18.1. The monoisotopic (exact) mass is 341 g/mol. The highest BCUT2D eigenvalue weighted by atomic mass is 16.2. The van der Waals surface area contributed by atoms with Crippen molar-refractivity contribution in [3.63, 3.8) is 0 Å². The van der Waals surface area contributed by atoms with Gasteiger partial charge in [-0.1, -0.05) is 72.8 Å². The van der Waals surface area contributed by atoms with Gasteiger partial charge in [0, 0.05) is 16.8 Å². The predicted molar refractivity (Wildman–Crippen MR) is 102 cm³/mol. The zero-order valence-corrected chi connectivity index (χ0v) is 14.5.